The molecule has 0 spiro atoms. The SMILES string of the molecule is CC(C1CCC1)n1c(O)c(-c2ccccc2)c(=O)[nH]c1=O. The number of rotatable bonds is 3. The zero-order chi connectivity index (χ0) is 15.0. The number of benzene rings is 1. The molecule has 5 nitrogen and oxygen atoms in total. The van der Waals surface area contributed by atoms with Gasteiger partial charge in [-0.3, -0.25) is 14.3 Å². The molecule has 2 N–H and O–H groups in total. The highest BCUT2D eigenvalue weighted by atomic mass is 16.3. The van der Waals surface area contributed by atoms with E-state index in [1.807, 2.05) is 13.0 Å². The molecule has 1 fully saturated rings. The summed E-state index contributed by atoms with van der Waals surface area (Å²) in [5.41, 5.74) is -0.343. The number of aromatic hydroxyl groups is 1. The average Bonchev–Trinajstić information content (AvgIpc) is 2.37. The van der Waals surface area contributed by atoms with Gasteiger partial charge in [0.25, 0.3) is 5.56 Å². The smallest absolute Gasteiger partial charge is 0.331 e. The minimum Gasteiger partial charge on any atom is -0.494 e. The zero-order valence-corrected chi connectivity index (χ0v) is 11.9. The van der Waals surface area contributed by atoms with Crippen LogP contribution in [0.25, 0.3) is 11.1 Å². The Kier molecular flexibility index (Phi) is 3.41. The molecule has 0 bridgehead atoms. The minimum absolute atomic E-state index is 0.120. The molecule has 5 heteroatoms. The molecule has 110 valence electrons. The van der Waals surface area contributed by atoms with Crippen LogP contribution in [0.1, 0.15) is 32.2 Å². The Labute approximate surface area is 121 Å². The van der Waals surface area contributed by atoms with Crippen molar-refractivity contribution in [3.8, 4) is 17.0 Å². The molecular formula is C16H18N2O3. The van der Waals surface area contributed by atoms with Crippen LogP contribution in [0.15, 0.2) is 39.9 Å². The maximum absolute atomic E-state index is 12.1. The molecule has 1 aliphatic carbocycles. The number of H-pyrrole nitrogens is 1. The van der Waals surface area contributed by atoms with Crippen LogP contribution in [-0.4, -0.2) is 14.7 Å². The maximum atomic E-state index is 12.1. The molecule has 1 atom stereocenters. The molecule has 1 aliphatic rings. The van der Waals surface area contributed by atoms with Gasteiger partial charge in [-0.1, -0.05) is 36.8 Å². The molecule has 0 saturated heterocycles. The summed E-state index contributed by atoms with van der Waals surface area (Å²) in [5, 5.41) is 10.5. The first-order chi connectivity index (χ1) is 10.1. The predicted octanol–water partition coefficient (Wildman–Crippen LogP) is 2.27. The number of hydrogen-bond donors (Lipinski definition) is 2. The lowest BCUT2D eigenvalue weighted by molar-refractivity contribution is 0.204. The monoisotopic (exact) mass is 286 g/mol. The zero-order valence-electron chi connectivity index (χ0n) is 11.9. The summed E-state index contributed by atoms with van der Waals surface area (Å²) in [6, 6.07) is 8.78. The van der Waals surface area contributed by atoms with Gasteiger partial charge in [0.05, 0.1) is 0 Å². The summed E-state index contributed by atoms with van der Waals surface area (Å²) in [5.74, 6) is 0.137. The van der Waals surface area contributed by atoms with Gasteiger partial charge in [-0.25, -0.2) is 4.79 Å². The van der Waals surface area contributed by atoms with E-state index in [-0.39, 0.29) is 17.5 Å². The highest BCUT2D eigenvalue weighted by Crippen LogP contribution is 2.37. The van der Waals surface area contributed by atoms with Crippen molar-refractivity contribution in [2.24, 2.45) is 5.92 Å². The van der Waals surface area contributed by atoms with E-state index in [1.165, 1.54) is 4.57 Å². The third-order valence-corrected chi connectivity index (χ3v) is 4.42. The van der Waals surface area contributed by atoms with E-state index < -0.39 is 11.2 Å². The molecule has 0 radical (unpaired) electrons. The predicted molar refractivity (Wildman–Crippen MR) is 80.5 cm³/mol. The number of nitrogens with zero attached hydrogens (tertiary/aromatic N) is 1. The van der Waals surface area contributed by atoms with Crippen LogP contribution in [0.2, 0.25) is 0 Å². The second-order valence-corrected chi connectivity index (χ2v) is 5.63. The van der Waals surface area contributed by atoms with Crippen molar-refractivity contribution in [1.29, 1.82) is 0 Å². The van der Waals surface area contributed by atoms with Crippen molar-refractivity contribution >= 4 is 0 Å². The van der Waals surface area contributed by atoms with Crippen LogP contribution in [0.3, 0.4) is 0 Å². The molecule has 1 unspecified atom stereocenters. The molecule has 0 amide bonds. The van der Waals surface area contributed by atoms with E-state index in [0.29, 0.717) is 11.5 Å². The molecule has 1 saturated carbocycles. The second-order valence-electron chi connectivity index (χ2n) is 5.63. The second kappa shape index (κ2) is 5.24. The van der Waals surface area contributed by atoms with Crippen molar-refractivity contribution in [2.45, 2.75) is 32.2 Å². The molecule has 3 rings (SSSR count). The summed E-state index contributed by atoms with van der Waals surface area (Å²) in [6.45, 7) is 1.91. The van der Waals surface area contributed by atoms with Gasteiger partial charge in [0.15, 0.2) is 0 Å². The van der Waals surface area contributed by atoms with Gasteiger partial charge >= 0.3 is 5.69 Å². The summed E-state index contributed by atoms with van der Waals surface area (Å²) in [6.07, 6.45) is 3.25. The van der Waals surface area contributed by atoms with E-state index in [9.17, 15) is 14.7 Å². The van der Waals surface area contributed by atoms with Crippen LogP contribution in [0.5, 0.6) is 5.88 Å². The highest BCUT2D eigenvalue weighted by Gasteiger charge is 2.29. The number of hydrogen-bond acceptors (Lipinski definition) is 3. The van der Waals surface area contributed by atoms with Gasteiger partial charge < -0.3 is 5.11 Å². The molecule has 0 aliphatic heterocycles. The standard InChI is InChI=1S/C16H18N2O3/c1-10(11-8-5-9-11)18-15(20)13(14(19)17-16(18)21)12-6-3-2-4-7-12/h2-4,6-7,10-11,20H,5,8-9H2,1H3,(H,17,19,21). The molecule has 1 heterocycles. The normalized spacial score (nSPS) is 16.4. The third kappa shape index (κ3) is 2.28. The van der Waals surface area contributed by atoms with E-state index in [0.717, 1.165) is 19.3 Å². The lowest BCUT2D eigenvalue weighted by Gasteiger charge is -2.32. The Morgan fingerprint density at radius 3 is 2.48 bits per heavy atom. The van der Waals surface area contributed by atoms with Gasteiger partial charge in [0.2, 0.25) is 5.88 Å². The Morgan fingerprint density at radius 2 is 1.90 bits per heavy atom. The van der Waals surface area contributed by atoms with Crippen LogP contribution in [-0.2, 0) is 0 Å². The third-order valence-electron chi connectivity index (χ3n) is 4.42. The van der Waals surface area contributed by atoms with Gasteiger partial charge in [-0.05, 0) is 31.2 Å². The summed E-state index contributed by atoms with van der Waals surface area (Å²) in [4.78, 5) is 26.5. The lowest BCUT2D eigenvalue weighted by Crippen LogP contribution is -2.36. The molecule has 1 aromatic carbocycles. The van der Waals surface area contributed by atoms with Gasteiger partial charge in [0.1, 0.15) is 5.56 Å². The average molecular weight is 286 g/mol. The highest BCUT2D eigenvalue weighted by molar-refractivity contribution is 5.67. The van der Waals surface area contributed by atoms with Crippen LogP contribution in [0.4, 0.5) is 0 Å². The fraction of sp³-hybridized carbons (Fsp3) is 0.375. The first-order valence-electron chi connectivity index (χ1n) is 7.23. The van der Waals surface area contributed by atoms with Gasteiger partial charge in [-0.15, -0.1) is 0 Å². The minimum atomic E-state index is -0.555. The van der Waals surface area contributed by atoms with Crippen LogP contribution in [0, 0.1) is 5.92 Å². The first-order valence-corrected chi connectivity index (χ1v) is 7.23. The molecule has 2 aromatic rings. The quantitative estimate of drug-likeness (QED) is 0.909. The van der Waals surface area contributed by atoms with Gasteiger partial charge in [-0.2, -0.15) is 0 Å². The van der Waals surface area contributed by atoms with Gasteiger partial charge in [0, 0.05) is 6.04 Å². The lowest BCUT2D eigenvalue weighted by atomic mass is 9.80. The van der Waals surface area contributed by atoms with Crippen molar-refractivity contribution in [3.63, 3.8) is 0 Å². The van der Waals surface area contributed by atoms with Crippen molar-refractivity contribution in [1.82, 2.24) is 9.55 Å². The Morgan fingerprint density at radius 1 is 1.24 bits per heavy atom. The Hall–Kier alpha value is -2.30. The van der Waals surface area contributed by atoms with E-state index in [2.05, 4.69) is 4.98 Å². The van der Waals surface area contributed by atoms with E-state index in [4.69, 9.17) is 0 Å². The molecule has 1 aromatic heterocycles. The van der Waals surface area contributed by atoms with Crippen LogP contribution >= 0.6 is 0 Å². The van der Waals surface area contributed by atoms with E-state index in [1.54, 1.807) is 24.3 Å². The fourth-order valence-electron chi connectivity index (χ4n) is 2.91. The van der Waals surface area contributed by atoms with Crippen molar-refractivity contribution in [2.75, 3.05) is 0 Å². The Bertz CT molecular complexity index is 757. The fourth-order valence-corrected chi connectivity index (χ4v) is 2.91. The van der Waals surface area contributed by atoms with Crippen molar-refractivity contribution < 1.29 is 5.11 Å². The summed E-state index contributed by atoms with van der Waals surface area (Å²) in [7, 11) is 0. The Balaban J connectivity index is 2.18. The topological polar surface area (TPSA) is 75.1 Å². The summed E-state index contributed by atoms with van der Waals surface area (Å²) >= 11 is 0. The van der Waals surface area contributed by atoms with E-state index >= 15 is 0 Å². The molecule has 21 heavy (non-hydrogen) atoms. The number of aromatic amines is 1. The summed E-state index contributed by atoms with van der Waals surface area (Å²) < 4.78 is 1.31. The first kappa shape index (κ1) is 13.7. The number of nitrogens with one attached hydrogen (secondary N) is 1. The largest absolute Gasteiger partial charge is 0.494 e. The van der Waals surface area contributed by atoms with Crippen molar-refractivity contribution in [3.05, 3.63) is 51.2 Å². The van der Waals surface area contributed by atoms with Crippen LogP contribution < -0.4 is 11.2 Å². The number of aromatic nitrogens is 2. The maximum Gasteiger partial charge on any atom is 0.331 e. The molecular weight excluding hydrogens is 268 g/mol.